The number of carbonyl (C=O) groups excluding carboxylic acids is 1. The summed E-state index contributed by atoms with van der Waals surface area (Å²) >= 11 is 0. The molecule has 0 aliphatic carbocycles. The maximum absolute atomic E-state index is 10.7. The average Bonchev–Trinajstić information content (AvgIpc) is 2.35. The molecule has 0 aromatic heterocycles. The monoisotopic (exact) mass is 158 g/mol. The number of methoxy groups -OCH3 is 1. The van der Waals surface area contributed by atoms with Crippen LogP contribution in [0.3, 0.4) is 0 Å². The first-order valence-corrected chi connectivity index (χ1v) is 3.80. The van der Waals surface area contributed by atoms with Gasteiger partial charge in [-0.05, 0) is 13.3 Å². The third-order valence-corrected chi connectivity index (χ3v) is 1.86. The van der Waals surface area contributed by atoms with Gasteiger partial charge in [0.25, 0.3) is 0 Å². The molecule has 0 radical (unpaired) electrons. The summed E-state index contributed by atoms with van der Waals surface area (Å²) in [5.41, 5.74) is 0. The zero-order chi connectivity index (χ0) is 8.27. The summed E-state index contributed by atoms with van der Waals surface area (Å²) in [5.74, 6) is 0. The Kier molecular flexibility index (Phi) is 2.70. The van der Waals surface area contributed by atoms with E-state index >= 15 is 0 Å². The van der Waals surface area contributed by atoms with E-state index in [1.165, 1.54) is 7.11 Å². The van der Waals surface area contributed by atoms with Crippen molar-refractivity contribution < 1.29 is 9.53 Å². The van der Waals surface area contributed by atoms with E-state index in [4.69, 9.17) is 0 Å². The number of ether oxygens (including phenoxy) is 1. The van der Waals surface area contributed by atoms with E-state index in [0.29, 0.717) is 6.04 Å². The molecule has 4 nitrogen and oxygen atoms in total. The smallest absolute Gasteiger partial charge is 0.407 e. The molecule has 64 valence electrons. The molecule has 2 atom stereocenters. The predicted octanol–water partition coefficient (Wildman–Crippen LogP) is 0.0928. The molecule has 1 fully saturated rings. The van der Waals surface area contributed by atoms with Crippen LogP contribution in [0.15, 0.2) is 0 Å². The van der Waals surface area contributed by atoms with Crippen LogP contribution in [0.1, 0.15) is 13.3 Å². The molecule has 1 aliphatic rings. The van der Waals surface area contributed by atoms with E-state index in [2.05, 4.69) is 22.3 Å². The molecule has 1 amide bonds. The number of carbonyl (C=O) groups is 1. The van der Waals surface area contributed by atoms with Crippen LogP contribution >= 0.6 is 0 Å². The number of amides is 1. The largest absolute Gasteiger partial charge is 0.453 e. The van der Waals surface area contributed by atoms with Gasteiger partial charge in [-0.25, -0.2) is 4.79 Å². The molecule has 1 heterocycles. The molecule has 0 spiro atoms. The van der Waals surface area contributed by atoms with Gasteiger partial charge in [-0.2, -0.15) is 0 Å². The molecule has 0 saturated carbocycles. The lowest BCUT2D eigenvalue weighted by Crippen LogP contribution is -2.35. The predicted molar refractivity (Wildman–Crippen MR) is 41.4 cm³/mol. The van der Waals surface area contributed by atoms with E-state index < -0.39 is 0 Å². The Balaban J connectivity index is 2.23. The number of rotatable bonds is 1. The fourth-order valence-corrected chi connectivity index (χ4v) is 1.27. The standard InChI is InChI=1S/C7H14N2O2/c1-5-3-6(4-8-5)9-7(10)11-2/h5-6,8H,3-4H2,1-2H3,(H,9,10). The van der Waals surface area contributed by atoms with Gasteiger partial charge in [-0.1, -0.05) is 0 Å². The Hall–Kier alpha value is -0.770. The summed E-state index contributed by atoms with van der Waals surface area (Å²) in [6.07, 6.45) is 0.639. The molecule has 4 heteroatoms. The minimum absolute atomic E-state index is 0.234. The van der Waals surface area contributed by atoms with E-state index in [1.807, 2.05) is 0 Å². The summed E-state index contributed by atoms with van der Waals surface area (Å²) in [6, 6.07) is 0.731. The first kappa shape index (κ1) is 8.33. The van der Waals surface area contributed by atoms with Crippen molar-refractivity contribution >= 4 is 6.09 Å². The zero-order valence-corrected chi connectivity index (χ0v) is 6.89. The molecule has 0 bridgehead atoms. The second-order valence-electron chi connectivity index (χ2n) is 2.88. The highest BCUT2D eigenvalue weighted by molar-refractivity contribution is 5.67. The maximum atomic E-state index is 10.7. The lowest BCUT2D eigenvalue weighted by Gasteiger charge is -2.09. The zero-order valence-electron chi connectivity index (χ0n) is 6.89. The number of nitrogens with one attached hydrogen (secondary N) is 2. The second kappa shape index (κ2) is 3.57. The van der Waals surface area contributed by atoms with Crippen LogP contribution in [0.4, 0.5) is 4.79 Å². The molecule has 1 saturated heterocycles. The molecule has 0 aromatic carbocycles. The van der Waals surface area contributed by atoms with Gasteiger partial charge in [0.1, 0.15) is 0 Å². The first-order valence-electron chi connectivity index (χ1n) is 3.80. The Morgan fingerprint density at radius 3 is 2.91 bits per heavy atom. The quantitative estimate of drug-likeness (QED) is 0.568. The fourth-order valence-electron chi connectivity index (χ4n) is 1.27. The van der Waals surface area contributed by atoms with Crippen LogP contribution in [0, 0.1) is 0 Å². The van der Waals surface area contributed by atoms with Crippen molar-refractivity contribution in [2.45, 2.75) is 25.4 Å². The SMILES string of the molecule is COC(=O)NC1CNC(C)C1. The van der Waals surface area contributed by atoms with Crippen LogP contribution in [-0.2, 0) is 4.74 Å². The van der Waals surface area contributed by atoms with Crippen molar-refractivity contribution in [2.75, 3.05) is 13.7 Å². The van der Waals surface area contributed by atoms with E-state index in [9.17, 15) is 4.79 Å². The Bertz CT molecular complexity index is 149. The molecule has 1 aliphatic heterocycles. The fraction of sp³-hybridized carbons (Fsp3) is 0.857. The Morgan fingerprint density at radius 1 is 1.73 bits per heavy atom. The summed E-state index contributed by atoms with van der Waals surface area (Å²) in [5, 5.41) is 5.96. The van der Waals surface area contributed by atoms with Crippen molar-refractivity contribution in [3.05, 3.63) is 0 Å². The summed E-state index contributed by atoms with van der Waals surface area (Å²) in [6.45, 7) is 2.94. The second-order valence-corrected chi connectivity index (χ2v) is 2.88. The van der Waals surface area contributed by atoms with Crippen molar-refractivity contribution in [1.29, 1.82) is 0 Å². The van der Waals surface area contributed by atoms with E-state index in [1.54, 1.807) is 0 Å². The lowest BCUT2D eigenvalue weighted by atomic mass is 10.2. The summed E-state index contributed by atoms with van der Waals surface area (Å²) in [4.78, 5) is 10.7. The number of alkyl carbamates (subject to hydrolysis) is 1. The number of hydrogen-bond acceptors (Lipinski definition) is 3. The molecule has 1 rings (SSSR count). The van der Waals surface area contributed by atoms with Gasteiger partial charge < -0.3 is 15.4 Å². The summed E-state index contributed by atoms with van der Waals surface area (Å²) < 4.78 is 4.47. The van der Waals surface area contributed by atoms with Crippen LogP contribution in [0.5, 0.6) is 0 Å². The minimum Gasteiger partial charge on any atom is -0.453 e. The molecule has 0 aromatic rings. The van der Waals surface area contributed by atoms with Gasteiger partial charge >= 0.3 is 6.09 Å². The lowest BCUT2D eigenvalue weighted by molar-refractivity contribution is 0.167. The van der Waals surface area contributed by atoms with Gasteiger partial charge in [0.2, 0.25) is 0 Å². The number of hydrogen-bond donors (Lipinski definition) is 2. The van der Waals surface area contributed by atoms with Gasteiger partial charge in [0.05, 0.1) is 7.11 Å². The third kappa shape index (κ3) is 2.38. The molecule has 2 unspecified atom stereocenters. The topological polar surface area (TPSA) is 50.4 Å². The van der Waals surface area contributed by atoms with E-state index in [-0.39, 0.29) is 12.1 Å². The Labute approximate surface area is 66.3 Å². The van der Waals surface area contributed by atoms with Crippen molar-refractivity contribution in [1.82, 2.24) is 10.6 Å². The van der Waals surface area contributed by atoms with Gasteiger partial charge in [-0.3, -0.25) is 0 Å². The maximum Gasteiger partial charge on any atom is 0.407 e. The average molecular weight is 158 g/mol. The van der Waals surface area contributed by atoms with Gasteiger partial charge in [-0.15, -0.1) is 0 Å². The third-order valence-electron chi connectivity index (χ3n) is 1.86. The molecular weight excluding hydrogens is 144 g/mol. The van der Waals surface area contributed by atoms with Crippen molar-refractivity contribution in [2.24, 2.45) is 0 Å². The van der Waals surface area contributed by atoms with Crippen LogP contribution in [0.2, 0.25) is 0 Å². The van der Waals surface area contributed by atoms with Gasteiger partial charge in [0.15, 0.2) is 0 Å². The van der Waals surface area contributed by atoms with Crippen molar-refractivity contribution in [3.63, 3.8) is 0 Å². The van der Waals surface area contributed by atoms with Crippen LogP contribution in [0.25, 0.3) is 0 Å². The van der Waals surface area contributed by atoms with E-state index in [0.717, 1.165) is 13.0 Å². The highest BCUT2D eigenvalue weighted by Crippen LogP contribution is 2.04. The highest BCUT2D eigenvalue weighted by atomic mass is 16.5. The minimum atomic E-state index is -0.342. The van der Waals surface area contributed by atoms with Crippen LogP contribution in [-0.4, -0.2) is 31.8 Å². The first-order chi connectivity index (χ1) is 5.22. The van der Waals surface area contributed by atoms with Crippen LogP contribution < -0.4 is 10.6 Å². The highest BCUT2D eigenvalue weighted by Gasteiger charge is 2.21. The normalized spacial score (nSPS) is 30.0. The summed E-state index contributed by atoms with van der Waals surface area (Å²) in [7, 11) is 1.38. The van der Waals surface area contributed by atoms with Gasteiger partial charge in [0, 0.05) is 18.6 Å². The van der Waals surface area contributed by atoms with Crippen molar-refractivity contribution in [3.8, 4) is 0 Å². The molecule has 2 N–H and O–H groups in total. The molecular formula is C7H14N2O2. The molecule has 11 heavy (non-hydrogen) atoms. The Morgan fingerprint density at radius 2 is 2.45 bits per heavy atom.